The van der Waals surface area contributed by atoms with Crippen LogP contribution in [0.1, 0.15) is 12.0 Å². The third kappa shape index (κ3) is 5.88. The largest absolute Gasteiger partial charge is 0.422 e. The number of rotatable bonds is 5. The van der Waals surface area contributed by atoms with E-state index in [1.54, 1.807) is 23.2 Å². The van der Waals surface area contributed by atoms with Gasteiger partial charge in [0.2, 0.25) is 0 Å². The zero-order valence-electron chi connectivity index (χ0n) is 17.5. The first-order chi connectivity index (χ1) is 15.8. The Morgan fingerprint density at radius 3 is 2.52 bits per heavy atom. The van der Waals surface area contributed by atoms with Gasteiger partial charge < -0.3 is 9.52 Å². The van der Waals surface area contributed by atoms with Crippen LogP contribution in [0, 0.1) is 11.8 Å². The number of nitrogens with one attached hydrogen (secondary N) is 1. The quantitative estimate of drug-likeness (QED) is 0.503. The number of aliphatic hydroxyl groups excluding tert-OH is 1. The molecule has 3 aromatic rings. The number of sulfone groups is 1. The Balaban J connectivity index is 1.68. The molecule has 1 fully saturated rings. The summed E-state index contributed by atoms with van der Waals surface area (Å²) in [7, 11) is -3.01. The van der Waals surface area contributed by atoms with Crippen LogP contribution in [0.25, 0.3) is 22.6 Å². The molecule has 2 N–H and O–H groups in total. The summed E-state index contributed by atoms with van der Waals surface area (Å²) >= 11 is 12.5. The Morgan fingerprint density at radius 2 is 1.85 bits per heavy atom. The van der Waals surface area contributed by atoms with Crippen molar-refractivity contribution < 1.29 is 17.9 Å². The van der Waals surface area contributed by atoms with Crippen molar-refractivity contribution in [2.75, 3.05) is 36.6 Å². The second-order valence-corrected chi connectivity index (χ2v) is 10.6. The van der Waals surface area contributed by atoms with Gasteiger partial charge in [0.1, 0.15) is 5.69 Å². The van der Waals surface area contributed by atoms with E-state index in [1.807, 2.05) is 24.3 Å². The standard InChI is InChI=1S/C23H21Cl2N3O4S/c24-18-8-9-19(20(25)15-18)22-21(17-6-4-16(5-7-17)3-1-2-12-29)26-23(32-22)27-28-10-13-33(30,31)14-11-28/h4-9,15,29H,2,10-14H2,(H,26,27). The lowest BCUT2D eigenvalue weighted by atomic mass is 10.0. The van der Waals surface area contributed by atoms with Crippen molar-refractivity contribution in [1.29, 1.82) is 0 Å². The van der Waals surface area contributed by atoms with E-state index in [4.69, 9.17) is 32.7 Å². The Labute approximate surface area is 202 Å². The molecule has 0 aliphatic carbocycles. The van der Waals surface area contributed by atoms with E-state index in [2.05, 4.69) is 22.3 Å². The Hall–Kier alpha value is -2.54. The number of aromatic nitrogens is 1. The molecule has 1 aliphatic rings. The molecule has 2 aromatic carbocycles. The first-order valence-corrected chi connectivity index (χ1v) is 12.8. The van der Waals surface area contributed by atoms with E-state index >= 15 is 0 Å². The molecule has 0 saturated carbocycles. The molecule has 1 aromatic heterocycles. The number of anilines is 1. The van der Waals surface area contributed by atoms with Gasteiger partial charge in [-0.05, 0) is 30.3 Å². The molecule has 172 valence electrons. The maximum Gasteiger partial charge on any atom is 0.310 e. The first-order valence-electron chi connectivity index (χ1n) is 10.2. The lowest BCUT2D eigenvalue weighted by Crippen LogP contribution is -2.43. The van der Waals surface area contributed by atoms with Crippen LogP contribution in [0.4, 0.5) is 6.01 Å². The fraction of sp³-hybridized carbons (Fsp3) is 0.261. The van der Waals surface area contributed by atoms with E-state index in [1.165, 1.54) is 0 Å². The molecule has 0 unspecified atom stereocenters. The molecule has 2 heterocycles. The van der Waals surface area contributed by atoms with Gasteiger partial charge in [-0.15, -0.1) is 0 Å². The maximum absolute atomic E-state index is 11.7. The molecular weight excluding hydrogens is 485 g/mol. The molecule has 4 rings (SSSR count). The second kappa shape index (κ2) is 10.2. The number of aliphatic hydroxyl groups is 1. The first kappa shape index (κ1) is 23.6. The number of hydrogen-bond acceptors (Lipinski definition) is 7. The van der Waals surface area contributed by atoms with Gasteiger partial charge in [0.25, 0.3) is 0 Å². The topological polar surface area (TPSA) is 95.7 Å². The van der Waals surface area contributed by atoms with Crippen molar-refractivity contribution >= 4 is 39.1 Å². The van der Waals surface area contributed by atoms with Gasteiger partial charge in [-0.1, -0.05) is 47.2 Å². The molecule has 1 saturated heterocycles. The van der Waals surface area contributed by atoms with Crippen molar-refractivity contribution in [2.45, 2.75) is 6.42 Å². The van der Waals surface area contributed by atoms with Crippen LogP contribution in [0.15, 0.2) is 46.9 Å². The SMILES string of the molecule is O=S1(=O)CCN(Nc2nc(-c3ccc(C#CCCO)cc3)c(-c3ccc(Cl)cc3Cl)o2)CC1. The van der Waals surface area contributed by atoms with E-state index in [9.17, 15) is 8.42 Å². The summed E-state index contributed by atoms with van der Waals surface area (Å²) in [6.45, 7) is 0.685. The Kier molecular flexibility index (Phi) is 7.27. The van der Waals surface area contributed by atoms with Crippen LogP contribution in [0.5, 0.6) is 0 Å². The molecule has 33 heavy (non-hydrogen) atoms. The summed E-state index contributed by atoms with van der Waals surface area (Å²) in [6, 6.07) is 12.8. The van der Waals surface area contributed by atoms with Crippen molar-refractivity contribution in [2.24, 2.45) is 0 Å². The predicted molar refractivity (Wildman–Crippen MR) is 130 cm³/mol. The minimum absolute atomic E-state index is 0.0218. The molecule has 1 aliphatic heterocycles. The minimum Gasteiger partial charge on any atom is -0.422 e. The van der Waals surface area contributed by atoms with E-state index in [0.717, 1.165) is 11.1 Å². The van der Waals surface area contributed by atoms with Gasteiger partial charge in [0.15, 0.2) is 15.6 Å². The number of halogens is 2. The molecule has 7 nitrogen and oxygen atoms in total. The van der Waals surface area contributed by atoms with E-state index in [0.29, 0.717) is 46.6 Å². The van der Waals surface area contributed by atoms with Crippen LogP contribution >= 0.6 is 23.2 Å². The van der Waals surface area contributed by atoms with Crippen molar-refractivity contribution in [3.8, 4) is 34.4 Å². The minimum atomic E-state index is -3.01. The van der Waals surface area contributed by atoms with Crippen molar-refractivity contribution in [3.05, 3.63) is 58.1 Å². The average Bonchev–Trinajstić information content (AvgIpc) is 3.19. The van der Waals surface area contributed by atoms with Crippen LogP contribution in [0.3, 0.4) is 0 Å². The molecule has 10 heteroatoms. The third-order valence-electron chi connectivity index (χ3n) is 5.03. The molecule has 0 atom stereocenters. The third-order valence-corrected chi connectivity index (χ3v) is 7.19. The summed E-state index contributed by atoms with van der Waals surface area (Å²) in [6.07, 6.45) is 0.414. The van der Waals surface area contributed by atoms with Crippen LogP contribution < -0.4 is 5.43 Å². The lowest BCUT2D eigenvalue weighted by molar-refractivity contribution is 0.305. The van der Waals surface area contributed by atoms with Gasteiger partial charge in [-0.3, -0.25) is 5.43 Å². The Bertz CT molecular complexity index is 1300. The molecule has 0 bridgehead atoms. The summed E-state index contributed by atoms with van der Waals surface area (Å²) in [4.78, 5) is 4.63. The van der Waals surface area contributed by atoms with Crippen molar-refractivity contribution in [3.63, 3.8) is 0 Å². The number of hydrogen-bond donors (Lipinski definition) is 2. The summed E-state index contributed by atoms with van der Waals surface area (Å²) < 4.78 is 29.5. The van der Waals surface area contributed by atoms with Gasteiger partial charge in [0.05, 0.1) is 23.1 Å². The van der Waals surface area contributed by atoms with Gasteiger partial charge in [-0.2, -0.15) is 4.98 Å². The predicted octanol–water partition coefficient (Wildman–Crippen LogP) is 4.11. The highest BCUT2D eigenvalue weighted by Gasteiger charge is 2.24. The van der Waals surface area contributed by atoms with Crippen LogP contribution in [0.2, 0.25) is 10.0 Å². The summed E-state index contributed by atoms with van der Waals surface area (Å²) in [5.74, 6) is 6.49. The smallest absolute Gasteiger partial charge is 0.310 e. The van der Waals surface area contributed by atoms with Crippen molar-refractivity contribution in [1.82, 2.24) is 9.99 Å². The zero-order chi connectivity index (χ0) is 23.4. The fourth-order valence-electron chi connectivity index (χ4n) is 3.31. The van der Waals surface area contributed by atoms with Crippen LogP contribution in [-0.2, 0) is 9.84 Å². The highest BCUT2D eigenvalue weighted by atomic mass is 35.5. The lowest BCUT2D eigenvalue weighted by Gasteiger charge is -2.25. The maximum atomic E-state index is 11.7. The molecule has 0 spiro atoms. The van der Waals surface area contributed by atoms with Gasteiger partial charge >= 0.3 is 6.01 Å². The van der Waals surface area contributed by atoms with Gasteiger partial charge in [0, 0.05) is 41.2 Å². The summed E-state index contributed by atoms with van der Waals surface area (Å²) in [5, 5.41) is 11.6. The monoisotopic (exact) mass is 505 g/mol. The van der Waals surface area contributed by atoms with E-state index in [-0.39, 0.29) is 24.1 Å². The van der Waals surface area contributed by atoms with Gasteiger partial charge in [-0.25, -0.2) is 13.4 Å². The fourth-order valence-corrected chi connectivity index (χ4v) is 5.01. The number of benzene rings is 2. The van der Waals surface area contributed by atoms with E-state index < -0.39 is 9.84 Å². The highest BCUT2D eigenvalue weighted by Crippen LogP contribution is 2.39. The zero-order valence-corrected chi connectivity index (χ0v) is 19.8. The highest BCUT2D eigenvalue weighted by molar-refractivity contribution is 7.91. The molecule has 0 radical (unpaired) electrons. The summed E-state index contributed by atoms with van der Waals surface area (Å²) in [5.41, 5.74) is 5.88. The Morgan fingerprint density at radius 1 is 1.12 bits per heavy atom. The number of oxazole rings is 1. The number of nitrogens with zero attached hydrogens (tertiary/aromatic N) is 2. The normalized spacial score (nSPS) is 15.6. The molecule has 0 amide bonds. The molecular formula is C23H21Cl2N3O4S. The van der Waals surface area contributed by atoms with Crippen LogP contribution in [-0.4, -0.2) is 54.7 Å². The second-order valence-electron chi connectivity index (χ2n) is 7.42. The average molecular weight is 506 g/mol. The number of hydrazine groups is 1.